The average Bonchev–Trinajstić information content (AvgIpc) is 3.15. The molecule has 1 N–H and O–H groups in total. The van der Waals surface area contributed by atoms with Crippen LogP contribution in [-0.2, 0) is 5.75 Å². The highest BCUT2D eigenvalue weighted by Crippen LogP contribution is 2.23. The minimum atomic E-state index is -0.317. The molecule has 4 aromatic rings. The van der Waals surface area contributed by atoms with Crippen molar-refractivity contribution >= 4 is 23.4 Å². The summed E-state index contributed by atoms with van der Waals surface area (Å²) in [6.45, 7) is 1.81. The fourth-order valence-electron chi connectivity index (χ4n) is 3.00. The molecule has 30 heavy (non-hydrogen) atoms. The first-order valence-corrected chi connectivity index (χ1v) is 10.3. The highest BCUT2D eigenvalue weighted by atomic mass is 32.2. The van der Waals surface area contributed by atoms with Gasteiger partial charge in [-0.3, -0.25) is 4.79 Å². The van der Waals surface area contributed by atoms with Gasteiger partial charge in [0.25, 0.3) is 5.91 Å². The van der Waals surface area contributed by atoms with Crippen molar-refractivity contribution < 1.29 is 9.18 Å². The molecule has 0 radical (unpaired) electrons. The number of nitrogens with zero attached hydrogens (tertiary/aromatic N) is 3. The molecule has 7 heteroatoms. The Labute approximate surface area is 178 Å². The third-order valence-electron chi connectivity index (χ3n) is 4.53. The number of carbonyl (C=O) groups excluding carboxylic acids is 1. The fraction of sp³-hybridized carbons (Fsp3) is 0.0870. The van der Waals surface area contributed by atoms with Gasteiger partial charge in [0, 0.05) is 17.6 Å². The van der Waals surface area contributed by atoms with Gasteiger partial charge in [-0.25, -0.2) is 14.1 Å². The van der Waals surface area contributed by atoms with Crippen LogP contribution in [0, 0.1) is 12.7 Å². The van der Waals surface area contributed by atoms with Gasteiger partial charge in [0.1, 0.15) is 5.82 Å². The van der Waals surface area contributed by atoms with Gasteiger partial charge in [0.2, 0.25) is 0 Å². The number of carbonyl (C=O) groups is 1. The lowest BCUT2D eigenvalue weighted by atomic mass is 10.2. The van der Waals surface area contributed by atoms with E-state index in [1.807, 2.05) is 49.4 Å². The Morgan fingerprint density at radius 2 is 1.93 bits per heavy atom. The van der Waals surface area contributed by atoms with Gasteiger partial charge in [-0.15, -0.1) is 11.8 Å². The number of hydrogen-bond acceptors (Lipinski definition) is 4. The van der Waals surface area contributed by atoms with Crippen LogP contribution in [0.15, 0.2) is 84.1 Å². The molecule has 0 aliphatic carbocycles. The summed E-state index contributed by atoms with van der Waals surface area (Å²) < 4.78 is 14.8. The van der Waals surface area contributed by atoms with Gasteiger partial charge >= 0.3 is 0 Å². The molecule has 0 aliphatic heterocycles. The molecule has 0 atom stereocenters. The topological polar surface area (TPSA) is 59.8 Å². The monoisotopic (exact) mass is 418 g/mol. The van der Waals surface area contributed by atoms with Gasteiger partial charge < -0.3 is 5.32 Å². The summed E-state index contributed by atoms with van der Waals surface area (Å²) in [6, 6.07) is 19.5. The standard InChI is InChI=1S/C23H19FN4OS/c1-16-21(14-26-28(16)20-10-8-18(24)9-11-20)23(29)27-19-6-4-5-17(13-19)15-30-22-7-2-3-12-25-22/h2-14H,15H2,1H3,(H,27,29). The van der Waals surface area contributed by atoms with Crippen LogP contribution in [0.2, 0.25) is 0 Å². The van der Waals surface area contributed by atoms with Crippen LogP contribution in [0.1, 0.15) is 21.6 Å². The lowest BCUT2D eigenvalue weighted by Gasteiger charge is -2.08. The molecule has 0 aliphatic rings. The number of nitrogens with one attached hydrogen (secondary N) is 1. The quantitative estimate of drug-likeness (QED) is 0.434. The summed E-state index contributed by atoms with van der Waals surface area (Å²) in [5.41, 5.74) is 3.64. The number of halogens is 1. The van der Waals surface area contributed by atoms with E-state index in [1.165, 1.54) is 18.3 Å². The summed E-state index contributed by atoms with van der Waals surface area (Å²) in [6.07, 6.45) is 3.29. The van der Waals surface area contributed by atoms with Gasteiger partial charge in [0.15, 0.2) is 0 Å². The zero-order chi connectivity index (χ0) is 20.9. The normalized spacial score (nSPS) is 10.7. The van der Waals surface area contributed by atoms with Gasteiger partial charge in [-0.2, -0.15) is 5.10 Å². The number of benzene rings is 2. The molecular weight excluding hydrogens is 399 g/mol. The third-order valence-corrected chi connectivity index (χ3v) is 5.55. The van der Waals surface area contributed by atoms with Crippen molar-refractivity contribution in [2.45, 2.75) is 17.7 Å². The molecule has 0 fully saturated rings. The van der Waals surface area contributed by atoms with E-state index in [-0.39, 0.29) is 11.7 Å². The van der Waals surface area contributed by atoms with E-state index < -0.39 is 0 Å². The van der Waals surface area contributed by atoms with E-state index in [2.05, 4.69) is 15.4 Å². The van der Waals surface area contributed by atoms with Crippen LogP contribution in [-0.4, -0.2) is 20.7 Å². The van der Waals surface area contributed by atoms with Gasteiger partial charge in [-0.05, 0) is 61.0 Å². The third kappa shape index (κ3) is 4.58. The van der Waals surface area contributed by atoms with E-state index in [0.29, 0.717) is 22.6 Å². The Hall–Kier alpha value is -3.45. The van der Waals surface area contributed by atoms with Crippen LogP contribution in [0.3, 0.4) is 0 Å². The molecule has 4 rings (SSSR count). The molecule has 0 spiro atoms. The molecule has 1 amide bonds. The Bertz CT molecular complexity index is 1160. The average molecular weight is 418 g/mol. The van der Waals surface area contributed by atoms with Crippen LogP contribution in [0.4, 0.5) is 10.1 Å². The smallest absolute Gasteiger partial charge is 0.259 e. The number of rotatable bonds is 6. The molecule has 0 unspecified atom stereocenters. The number of hydrogen-bond donors (Lipinski definition) is 1. The van der Waals surface area contributed by atoms with Crippen molar-refractivity contribution in [3.8, 4) is 5.69 Å². The molecule has 5 nitrogen and oxygen atoms in total. The van der Waals surface area contributed by atoms with E-state index >= 15 is 0 Å². The number of aromatic nitrogens is 3. The first-order valence-electron chi connectivity index (χ1n) is 9.35. The molecule has 0 saturated heterocycles. The van der Waals surface area contributed by atoms with Crippen LogP contribution >= 0.6 is 11.8 Å². The van der Waals surface area contributed by atoms with Crippen molar-refractivity contribution in [3.05, 3.63) is 102 Å². The predicted octanol–water partition coefficient (Wildman–Crippen LogP) is 5.26. The van der Waals surface area contributed by atoms with E-state index in [4.69, 9.17) is 0 Å². The summed E-state index contributed by atoms with van der Waals surface area (Å²) >= 11 is 1.64. The zero-order valence-electron chi connectivity index (χ0n) is 16.2. The SMILES string of the molecule is Cc1c(C(=O)Nc2cccc(CSc3ccccn3)c2)cnn1-c1ccc(F)cc1. The van der Waals surface area contributed by atoms with E-state index in [9.17, 15) is 9.18 Å². The maximum atomic E-state index is 13.2. The van der Waals surface area contributed by atoms with E-state index in [0.717, 1.165) is 16.3 Å². The zero-order valence-corrected chi connectivity index (χ0v) is 17.1. The van der Waals surface area contributed by atoms with Crippen LogP contribution < -0.4 is 5.32 Å². The maximum Gasteiger partial charge on any atom is 0.259 e. The number of pyridine rings is 1. The minimum absolute atomic E-state index is 0.240. The van der Waals surface area contributed by atoms with Crippen molar-refractivity contribution in [2.75, 3.05) is 5.32 Å². The second-order valence-electron chi connectivity index (χ2n) is 6.64. The Morgan fingerprint density at radius 1 is 1.10 bits per heavy atom. The minimum Gasteiger partial charge on any atom is -0.322 e. The van der Waals surface area contributed by atoms with Crippen molar-refractivity contribution in [2.24, 2.45) is 0 Å². The lowest BCUT2D eigenvalue weighted by Crippen LogP contribution is -2.13. The van der Waals surface area contributed by atoms with Crippen molar-refractivity contribution in [1.29, 1.82) is 0 Å². The second kappa shape index (κ2) is 8.92. The molecule has 150 valence electrons. The molecule has 0 saturated carbocycles. The first kappa shape index (κ1) is 19.8. The second-order valence-corrected chi connectivity index (χ2v) is 7.64. The summed E-state index contributed by atoms with van der Waals surface area (Å²) in [5, 5.41) is 8.17. The maximum absolute atomic E-state index is 13.2. The number of thioether (sulfide) groups is 1. The Morgan fingerprint density at radius 3 is 2.70 bits per heavy atom. The molecule has 2 aromatic heterocycles. The molecular formula is C23H19FN4OS. The van der Waals surface area contributed by atoms with Gasteiger partial charge in [-0.1, -0.05) is 18.2 Å². The largest absolute Gasteiger partial charge is 0.322 e. The van der Waals surface area contributed by atoms with Crippen molar-refractivity contribution in [1.82, 2.24) is 14.8 Å². The number of anilines is 1. The highest BCUT2D eigenvalue weighted by molar-refractivity contribution is 7.98. The summed E-state index contributed by atoms with van der Waals surface area (Å²) in [7, 11) is 0. The molecule has 2 aromatic carbocycles. The predicted molar refractivity (Wildman–Crippen MR) is 116 cm³/mol. The fourth-order valence-corrected chi connectivity index (χ4v) is 3.81. The number of amides is 1. The first-order chi connectivity index (χ1) is 14.6. The highest BCUT2D eigenvalue weighted by Gasteiger charge is 2.15. The molecule has 2 heterocycles. The summed E-state index contributed by atoms with van der Waals surface area (Å²) in [5.74, 6) is 0.195. The Kier molecular flexibility index (Phi) is 5.90. The van der Waals surface area contributed by atoms with Crippen LogP contribution in [0.25, 0.3) is 5.69 Å². The molecule has 0 bridgehead atoms. The Balaban J connectivity index is 1.46. The van der Waals surface area contributed by atoms with Crippen molar-refractivity contribution in [3.63, 3.8) is 0 Å². The van der Waals surface area contributed by atoms with Crippen LogP contribution in [0.5, 0.6) is 0 Å². The lowest BCUT2D eigenvalue weighted by molar-refractivity contribution is 0.102. The van der Waals surface area contributed by atoms with Gasteiger partial charge in [0.05, 0.1) is 28.2 Å². The van der Waals surface area contributed by atoms with E-state index in [1.54, 1.807) is 34.8 Å². The summed E-state index contributed by atoms with van der Waals surface area (Å²) in [4.78, 5) is 17.1.